The van der Waals surface area contributed by atoms with E-state index in [1.165, 1.54) is 12.1 Å². The summed E-state index contributed by atoms with van der Waals surface area (Å²) >= 11 is 0. The summed E-state index contributed by atoms with van der Waals surface area (Å²) < 4.78 is 27.1. The van der Waals surface area contributed by atoms with Crippen molar-refractivity contribution in [2.75, 3.05) is 33.0 Å². The van der Waals surface area contributed by atoms with Crippen LogP contribution in [-0.4, -0.2) is 55.7 Å². The van der Waals surface area contributed by atoms with Crippen molar-refractivity contribution < 1.29 is 38.1 Å². The van der Waals surface area contributed by atoms with E-state index in [1.54, 1.807) is 20.8 Å². The number of rotatable bonds is 12. The fourth-order valence-electron chi connectivity index (χ4n) is 3.33. The molecule has 180 valence electrons. The topological polar surface area (TPSA) is 113 Å². The van der Waals surface area contributed by atoms with Crippen LogP contribution in [0.4, 0.5) is 0 Å². The van der Waals surface area contributed by atoms with Crippen LogP contribution in [0.15, 0.2) is 12.1 Å². The molecule has 1 aromatic carbocycles. The van der Waals surface area contributed by atoms with Crippen LogP contribution >= 0.6 is 0 Å². The van der Waals surface area contributed by atoms with E-state index >= 15 is 0 Å². The van der Waals surface area contributed by atoms with Gasteiger partial charge in [0.25, 0.3) is 0 Å². The number of Topliss-reactive ketones (excluding diaryl/α,β-unsaturated/α-hetero) is 1. The monoisotopic (exact) mass is 461 g/mol. The molecule has 1 aromatic heterocycles. The number of aromatic amines is 1. The van der Waals surface area contributed by atoms with Gasteiger partial charge in [0.15, 0.2) is 18.1 Å². The normalized spacial score (nSPS) is 10.5. The molecule has 0 unspecified atom stereocenters. The Morgan fingerprint density at radius 3 is 1.88 bits per heavy atom. The number of ether oxygens (including phenoxy) is 5. The fraction of sp³-hybridized carbons (Fsp3) is 0.458. The van der Waals surface area contributed by atoms with Gasteiger partial charge in [-0.25, -0.2) is 9.59 Å². The van der Waals surface area contributed by atoms with Gasteiger partial charge in [0.05, 0.1) is 43.2 Å². The van der Waals surface area contributed by atoms with Crippen LogP contribution in [0.1, 0.15) is 70.2 Å². The molecule has 0 bridgehead atoms. The van der Waals surface area contributed by atoms with Crippen molar-refractivity contribution in [3.05, 3.63) is 40.2 Å². The van der Waals surface area contributed by atoms with Crippen LogP contribution in [0.2, 0.25) is 0 Å². The van der Waals surface area contributed by atoms with Crippen LogP contribution in [0, 0.1) is 13.8 Å². The van der Waals surface area contributed by atoms with Crippen molar-refractivity contribution in [3.8, 4) is 17.2 Å². The summed E-state index contributed by atoms with van der Waals surface area (Å²) in [7, 11) is 0. The fourth-order valence-corrected chi connectivity index (χ4v) is 3.33. The highest BCUT2D eigenvalue weighted by Crippen LogP contribution is 2.39. The summed E-state index contributed by atoms with van der Waals surface area (Å²) in [6.45, 7) is 11.3. The maximum absolute atomic E-state index is 12.7. The number of nitrogens with one attached hydrogen (secondary N) is 1. The summed E-state index contributed by atoms with van der Waals surface area (Å²) in [5.74, 6) is -0.615. The molecule has 9 nitrogen and oxygen atoms in total. The second-order valence-electron chi connectivity index (χ2n) is 6.95. The van der Waals surface area contributed by atoms with E-state index in [0.29, 0.717) is 53.9 Å². The second kappa shape index (κ2) is 11.9. The van der Waals surface area contributed by atoms with Gasteiger partial charge in [0.1, 0.15) is 0 Å². The highest BCUT2D eigenvalue weighted by molar-refractivity contribution is 6.03. The first kappa shape index (κ1) is 25.8. The van der Waals surface area contributed by atoms with Crippen LogP contribution in [0.5, 0.6) is 17.2 Å². The number of benzene rings is 1. The molecule has 0 amide bonds. The molecule has 33 heavy (non-hydrogen) atoms. The number of ketones is 1. The summed E-state index contributed by atoms with van der Waals surface area (Å²) in [6, 6.07) is 2.99. The van der Waals surface area contributed by atoms with Gasteiger partial charge >= 0.3 is 11.9 Å². The highest BCUT2D eigenvalue weighted by atomic mass is 16.5. The predicted octanol–water partition coefficient (Wildman–Crippen LogP) is 4.04. The lowest BCUT2D eigenvalue weighted by atomic mass is 10.1. The Morgan fingerprint density at radius 1 is 0.788 bits per heavy atom. The van der Waals surface area contributed by atoms with Crippen molar-refractivity contribution in [3.63, 3.8) is 0 Å². The van der Waals surface area contributed by atoms with E-state index < -0.39 is 24.3 Å². The molecule has 0 fully saturated rings. The molecule has 0 aliphatic rings. The number of carbonyl (C=O) groups excluding carboxylic acids is 3. The van der Waals surface area contributed by atoms with E-state index in [0.717, 1.165) is 0 Å². The van der Waals surface area contributed by atoms with Gasteiger partial charge in [-0.05, 0) is 59.2 Å². The van der Waals surface area contributed by atoms with Crippen LogP contribution in [0.25, 0.3) is 0 Å². The summed E-state index contributed by atoms with van der Waals surface area (Å²) in [5, 5.41) is 0. The minimum Gasteiger partial charge on any atom is -0.490 e. The number of hydrogen-bond donors (Lipinski definition) is 1. The van der Waals surface area contributed by atoms with Crippen LogP contribution in [0.3, 0.4) is 0 Å². The minimum absolute atomic E-state index is 0.157. The van der Waals surface area contributed by atoms with Crippen molar-refractivity contribution in [1.82, 2.24) is 4.98 Å². The average molecular weight is 462 g/mol. The molecular weight excluding hydrogens is 430 g/mol. The quantitative estimate of drug-likeness (QED) is 0.372. The Labute approximate surface area is 193 Å². The Kier molecular flexibility index (Phi) is 9.32. The third kappa shape index (κ3) is 6.06. The van der Waals surface area contributed by atoms with Gasteiger partial charge in [0, 0.05) is 5.69 Å². The van der Waals surface area contributed by atoms with Crippen molar-refractivity contribution in [1.29, 1.82) is 0 Å². The number of carbonyl (C=O) groups is 3. The highest BCUT2D eigenvalue weighted by Gasteiger charge is 2.24. The van der Waals surface area contributed by atoms with E-state index in [9.17, 15) is 14.4 Å². The van der Waals surface area contributed by atoms with E-state index in [1.807, 2.05) is 20.8 Å². The SMILES string of the molecule is CCOC(=O)c1c(C)[nH]c(C(=O)COC(=O)c2cc(OCC)c(OCC)c(OCC)c2)c1C. The largest absolute Gasteiger partial charge is 0.490 e. The molecule has 2 rings (SSSR count). The predicted molar refractivity (Wildman–Crippen MR) is 121 cm³/mol. The molecule has 0 aliphatic carbocycles. The van der Waals surface area contributed by atoms with Gasteiger partial charge in [-0.3, -0.25) is 4.79 Å². The zero-order valence-electron chi connectivity index (χ0n) is 20.0. The molecule has 0 saturated carbocycles. The molecule has 0 atom stereocenters. The zero-order chi connectivity index (χ0) is 24.5. The van der Waals surface area contributed by atoms with Crippen molar-refractivity contribution in [2.45, 2.75) is 41.5 Å². The number of aromatic nitrogens is 1. The number of hydrogen-bond acceptors (Lipinski definition) is 8. The lowest BCUT2D eigenvalue weighted by Crippen LogP contribution is -2.16. The van der Waals surface area contributed by atoms with Crippen LogP contribution in [-0.2, 0) is 9.47 Å². The first-order valence-electron chi connectivity index (χ1n) is 10.9. The standard InChI is InChI=1S/C24H31NO8/c1-7-29-18-11-16(12-19(30-8-2)22(18)31-9-3)23(27)33-13-17(26)21-14(5)20(15(6)25-21)24(28)32-10-4/h11-12,25H,7-10,13H2,1-6H3. The lowest BCUT2D eigenvalue weighted by Gasteiger charge is -2.16. The summed E-state index contributed by atoms with van der Waals surface area (Å²) in [5.41, 5.74) is 1.62. The molecule has 0 radical (unpaired) electrons. The summed E-state index contributed by atoms with van der Waals surface area (Å²) in [4.78, 5) is 40.4. The van der Waals surface area contributed by atoms with Gasteiger partial charge in [-0.2, -0.15) is 0 Å². The molecule has 9 heteroatoms. The Bertz CT molecular complexity index is 981. The molecular formula is C24H31NO8. The van der Waals surface area contributed by atoms with Gasteiger partial charge in [-0.1, -0.05) is 0 Å². The van der Waals surface area contributed by atoms with Crippen LogP contribution < -0.4 is 14.2 Å². The first-order chi connectivity index (χ1) is 15.8. The Hall–Kier alpha value is -3.49. The zero-order valence-corrected chi connectivity index (χ0v) is 20.0. The van der Waals surface area contributed by atoms with E-state index in [-0.39, 0.29) is 17.9 Å². The van der Waals surface area contributed by atoms with Gasteiger partial charge in [0.2, 0.25) is 11.5 Å². The van der Waals surface area contributed by atoms with E-state index in [4.69, 9.17) is 23.7 Å². The van der Waals surface area contributed by atoms with Crippen molar-refractivity contribution in [2.24, 2.45) is 0 Å². The molecule has 0 spiro atoms. The number of esters is 2. The molecule has 1 N–H and O–H groups in total. The first-order valence-corrected chi connectivity index (χ1v) is 10.9. The summed E-state index contributed by atoms with van der Waals surface area (Å²) in [6.07, 6.45) is 0. The Balaban J connectivity index is 2.23. The maximum Gasteiger partial charge on any atom is 0.340 e. The number of aryl methyl sites for hydroxylation is 1. The average Bonchev–Trinajstić information content (AvgIpc) is 3.08. The van der Waals surface area contributed by atoms with Gasteiger partial charge in [-0.15, -0.1) is 0 Å². The molecule has 2 aromatic rings. The van der Waals surface area contributed by atoms with E-state index in [2.05, 4.69) is 4.98 Å². The minimum atomic E-state index is -0.722. The second-order valence-corrected chi connectivity index (χ2v) is 6.95. The third-order valence-electron chi connectivity index (χ3n) is 4.68. The lowest BCUT2D eigenvalue weighted by molar-refractivity contribution is 0.0471. The van der Waals surface area contributed by atoms with Gasteiger partial charge < -0.3 is 28.7 Å². The Morgan fingerprint density at radius 2 is 1.36 bits per heavy atom. The maximum atomic E-state index is 12.7. The molecule has 0 saturated heterocycles. The molecule has 1 heterocycles. The third-order valence-corrected chi connectivity index (χ3v) is 4.68. The molecule has 0 aliphatic heterocycles. The smallest absolute Gasteiger partial charge is 0.340 e. The number of H-pyrrole nitrogens is 1. The van der Waals surface area contributed by atoms with Crippen molar-refractivity contribution >= 4 is 17.7 Å².